The smallest absolute Gasteiger partial charge is 0.321 e. The van der Waals surface area contributed by atoms with Crippen LogP contribution in [0.4, 0.5) is 0 Å². The number of hydrogen-bond donors (Lipinski definition) is 0. The zero-order valence-corrected chi connectivity index (χ0v) is 7.78. The third-order valence-corrected chi connectivity index (χ3v) is 3.17. The van der Waals surface area contributed by atoms with Gasteiger partial charge in [-0.3, -0.25) is 9.59 Å². The van der Waals surface area contributed by atoms with Gasteiger partial charge in [0.25, 0.3) is 0 Å². The first kappa shape index (κ1) is 7.98. The third kappa shape index (κ3) is 1.02. The Balaban J connectivity index is 2.34. The van der Waals surface area contributed by atoms with Gasteiger partial charge in [-0.25, -0.2) is 0 Å². The van der Waals surface area contributed by atoms with Crippen LogP contribution in [0.2, 0.25) is 0 Å². The number of allylic oxidation sites excluding steroid dienone is 1. The molecule has 0 aromatic rings. The monoisotopic (exact) mass is 230 g/mol. The number of esters is 2. The molecule has 2 rings (SSSR count). The largest absolute Gasteiger partial charge is 0.392 e. The summed E-state index contributed by atoms with van der Waals surface area (Å²) in [6.07, 6.45) is 4.44. The Kier molecular flexibility index (Phi) is 1.79. The molecule has 1 aliphatic carbocycles. The zero-order chi connectivity index (χ0) is 8.72. The molecule has 0 bridgehead atoms. The number of ether oxygens (including phenoxy) is 1. The molecule has 3 atom stereocenters. The second-order valence-corrected chi connectivity index (χ2v) is 4.15. The first-order valence-corrected chi connectivity index (χ1v) is 4.68. The topological polar surface area (TPSA) is 43.4 Å². The number of carbonyl (C=O) groups is 2. The SMILES string of the molecule is O=C1OC(=O)C2C(Br)CC=CC12. The van der Waals surface area contributed by atoms with Gasteiger partial charge in [-0.05, 0) is 6.42 Å². The molecule has 1 saturated heterocycles. The first-order chi connectivity index (χ1) is 5.70. The Labute approximate surface area is 77.9 Å². The summed E-state index contributed by atoms with van der Waals surface area (Å²) in [5.41, 5.74) is 0. The molecular formula is C8H7BrO3. The Morgan fingerprint density at radius 2 is 2.17 bits per heavy atom. The van der Waals surface area contributed by atoms with Crippen LogP contribution in [0.25, 0.3) is 0 Å². The number of hydrogen-bond acceptors (Lipinski definition) is 3. The van der Waals surface area contributed by atoms with Gasteiger partial charge in [-0.15, -0.1) is 0 Å². The molecule has 64 valence electrons. The first-order valence-electron chi connectivity index (χ1n) is 3.76. The summed E-state index contributed by atoms with van der Waals surface area (Å²) in [5, 5.41) is 0. The molecular weight excluding hydrogens is 224 g/mol. The summed E-state index contributed by atoms with van der Waals surface area (Å²) in [6, 6.07) is 0. The van der Waals surface area contributed by atoms with Crippen LogP contribution in [0, 0.1) is 11.8 Å². The number of alkyl halides is 1. The maximum Gasteiger partial charge on any atom is 0.321 e. The van der Waals surface area contributed by atoms with E-state index in [0.29, 0.717) is 0 Å². The Morgan fingerprint density at radius 1 is 1.42 bits per heavy atom. The lowest BCUT2D eigenvalue weighted by Crippen LogP contribution is -2.27. The molecule has 0 N–H and O–H groups in total. The van der Waals surface area contributed by atoms with Crippen LogP contribution in [0.5, 0.6) is 0 Å². The average molecular weight is 231 g/mol. The van der Waals surface area contributed by atoms with Crippen LogP contribution in [0.15, 0.2) is 12.2 Å². The van der Waals surface area contributed by atoms with Crippen molar-refractivity contribution in [2.24, 2.45) is 11.8 Å². The van der Waals surface area contributed by atoms with Crippen molar-refractivity contribution in [3.63, 3.8) is 0 Å². The molecule has 3 unspecified atom stereocenters. The van der Waals surface area contributed by atoms with Crippen molar-refractivity contribution in [2.75, 3.05) is 0 Å². The van der Waals surface area contributed by atoms with Crippen molar-refractivity contribution < 1.29 is 14.3 Å². The van der Waals surface area contributed by atoms with Crippen LogP contribution >= 0.6 is 15.9 Å². The predicted molar refractivity (Wildman–Crippen MR) is 44.6 cm³/mol. The van der Waals surface area contributed by atoms with E-state index in [2.05, 4.69) is 20.7 Å². The van der Waals surface area contributed by atoms with Crippen molar-refractivity contribution in [2.45, 2.75) is 11.2 Å². The van der Waals surface area contributed by atoms with Crippen molar-refractivity contribution in [3.8, 4) is 0 Å². The molecule has 0 radical (unpaired) electrons. The second-order valence-electron chi connectivity index (χ2n) is 2.97. The van der Waals surface area contributed by atoms with Gasteiger partial charge in [0.2, 0.25) is 0 Å². The highest BCUT2D eigenvalue weighted by molar-refractivity contribution is 9.09. The number of cyclic esters (lactones) is 2. The molecule has 0 aromatic carbocycles. The van der Waals surface area contributed by atoms with E-state index in [1.54, 1.807) is 6.08 Å². The molecule has 4 heteroatoms. The van der Waals surface area contributed by atoms with Crippen molar-refractivity contribution >= 4 is 27.9 Å². The fourth-order valence-electron chi connectivity index (χ4n) is 1.60. The molecule has 1 heterocycles. The van der Waals surface area contributed by atoms with Crippen LogP contribution in [0.1, 0.15) is 6.42 Å². The maximum atomic E-state index is 11.1. The lowest BCUT2D eigenvalue weighted by atomic mass is 9.86. The fourth-order valence-corrected chi connectivity index (χ4v) is 2.36. The molecule has 1 fully saturated rings. The van der Waals surface area contributed by atoms with E-state index >= 15 is 0 Å². The molecule has 1 aliphatic heterocycles. The lowest BCUT2D eigenvalue weighted by Gasteiger charge is -2.19. The fraction of sp³-hybridized carbons (Fsp3) is 0.500. The van der Waals surface area contributed by atoms with E-state index < -0.39 is 11.9 Å². The van der Waals surface area contributed by atoms with Crippen molar-refractivity contribution in [1.29, 1.82) is 0 Å². The molecule has 2 aliphatic rings. The van der Waals surface area contributed by atoms with E-state index in [-0.39, 0.29) is 16.7 Å². The van der Waals surface area contributed by atoms with E-state index in [0.717, 1.165) is 6.42 Å². The molecule has 0 amide bonds. The van der Waals surface area contributed by atoms with Crippen LogP contribution in [0.3, 0.4) is 0 Å². The normalized spacial score (nSPS) is 39.6. The summed E-state index contributed by atoms with van der Waals surface area (Å²) in [5.74, 6) is -1.46. The van der Waals surface area contributed by atoms with Crippen molar-refractivity contribution in [3.05, 3.63) is 12.2 Å². The van der Waals surface area contributed by atoms with E-state index in [1.807, 2.05) is 6.08 Å². The Morgan fingerprint density at radius 3 is 2.83 bits per heavy atom. The van der Waals surface area contributed by atoms with Crippen molar-refractivity contribution in [1.82, 2.24) is 0 Å². The van der Waals surface area contributed by atoms with Gasteiger partial charge in [0, 0.05) is 4.83 Å². The highest BCUT2D eigenvalue weighted by Crippen LogP contribution is 2.36. The Bertz CT molecular complexity index is 271. The molecule has 0 saturated carbocycles. The van der Waals surface area contributed by atoms with Crippen LogP contribution in [-0.2, 0) is 14.3 Å². The number of fused-ring (bicyclic) bond motifs is 1. The van der Waals surface area contributed by atoms with Crippen LogP contribution < -0.4 is 0 Å². The minimum absolute atomic E-state index is 0.0476. The quantitative estimate of drug-likeness (QED) is 0.270. The molecule has 0 aromatic heterocycles. The minimum Gasteiger partial charge on any atom is -0.392 e. The second kappa shape index (κ2) is 2.69. The van der Waals surface area contributed by atoms with Crippen LogP contribution in [-0.4, -0.2) is 16.8 Å². The Hall–Kier alpha value is -0.640. The summed E-state index contributed by atoms with van der Waals surface area (Å²) in [7, 11) is 0. The summed E-state index contributed by atoms with van der Waals surface area (Å²) < 4.78 is 4.52. The van der Waals surface area contributed by atoms with Gasteiger partial charge in [0.05, 0.1) is 11.8 Å². The van der Waals surface area contributed by atoms with E-state index in [4.69, 9.17) is 0 Å². The standard InChI is InChI=1S/C8H7BrO3/c9-5-3-1-2-4-6(5)8(11)12-7(4)10/h1-2,4-6H,3H2. The predicted octanol–water partition coefficient (Wildman–Crippen LogP) is 1.03. The van der Waals surface area contributed by atoms with E-state index in [1.165, 1.54) is 0 Å². The van der Waals surface area contributed by atoms with Gasteiger partial charge in [0.1, 0.15) is 0 Å². The zero-order valence-electron chi connectivity index (χ0n) is 6.20. The van der Waals surface area contributed by atoms with Gasteiger partial charge < -0.3 is 4.74 Å². The average Bonchev–Trinajstić information content (AvgIpc) is 2.29. The summed E-state index contributed by atoms with van der Waals surface area (Å²) in [4.78, 5) is 22.2. The molecule has 3 nitrogen and oxygen atoms in total. The van der Waals surface area contributed by atoms with E-state index in [9.17, 15) is 9.59 Å². The lowest BCUT2D eigenvalue weighted by molar-refractivity contribution is -0.153. The number of carbonyl (C=O) groups excluding carboxylic acids is 2. The van der Waals surface area contributed by atoms with Gasteiger partial charge >= 0.3 is 11.9 Å². The highest BCUT2D eigenvalue weighted by Gasteiger charge is 2.47. The van der Waals surface area contributed by atoms with Gasteiger partial charge in [-0.1, -0.05) is 28.1 Å². The molecule has 0 spiro atoms. The molecule has 12 heavy (non-hydrogen) atoms. The third-order valence-electron chi connectivity index (χ3n) is 2.23. The van der Waals surface area contributed by atoms with Gasteiger partial charge in [0.15, 0.2) is 0 Å². The maximum absolute atomic E-state index is 11.1. The number of rotatable bonds is 0. The minimum atomic E-state index is -0.412. The highest BCUT2D eigenvalue weighted by atomic mass is 79.9. The summed E-state index contributed by atoms with van der Waals surface area (Å²) in [6.45, 7) is 0. The number of halogens is 1. The van der Waals surface area contributed by atoms with Gasteiger partial charge in [-0.2, -0.15) is 0 Å². The summed E-state index contributed by atoms with van der Waals surface area (Å²) >= 11 is 3.36.